The monoisotopic (exact) mass is 420 g/mol. The number of halogens is 13. The molecule has 0 atom stereocenters. The van der Waals surface area contributed by atoms with Gasteiger partial charge in [0.25, 0.3) is 5.55 Å². The predicted octanol–water partition coefficient (Wildman–Crippen LogP) is 6.38. The van der Waals surface area contributed by atoms with Crippen LogP contribution in [0.25, 0.3) is 0 Å². The van der Waals surface area contributed by atoms with Crippen LogP contribution >= 0.6 is 0 Å². The molecule has 0 saturated heterocycles. The summed E-state index contributed by atoms with van der Waals surface area (Å²) < 4.78 is 169. The molecule has 0 spiro atoms. The lowest BCUT2D eigenvalue weighted by atomic mass is 9.95. The van der Waals surface area contributed by atoms with Gasteiger partial charge in [0.05, 0.1) is 0 Å². The highest BCUT2D eigenvalue weighted by molar-refractivity contribution is 6.78. The van der Waals surface area contributed by atoms with E-state index in [0.717, 1.165) is 0 Å². The predicted molar refractivity (Wildman–Crippen MR) is 63.4 cm³/mol. The van der Waals surface area contributed by atoms with Crippen LogP contribution in [0, 0.1) is 0 Å². The van der Waals surface area contributed by atoms with Crippen molar-refractivity contribution in [3.05, 3.63) is 0 Å². The first kappa shape index (κ1) is 24.3. The molecule has 0 amide bonds. The van der Waals surface area contributed by atoms with Crippen LogP contribution in [0.3, 0.4) is 0 Å². The molecule has 14 heteroatoms. The molecule has 152 valence electrons. The Labute approximate surface area is 134 Å². The summed E-state index contributed by atoms with van der Waals surface area (Å²) in [6.45, 7) is 1.20. The topological polar surface area (TPSA) is 0 Å². The van der Waals surface area contributed by atoms with Gasteiger partial charge in [-0.3, -0.25) is 0 Å². The Morgan fingerprint density at radius 1 is 0.520 bits per heavy atom. The largest absolute Gasteiger partial charge is 0.389 e. The standard InChI is InChI=1S/C11H13F13Si/c1-25(2,3)11(23,24)10(21,22)9(19,20)8(17,18)6(12,13)4-5-7(14,15)16/h4-5H2,1-3H3. The first-order chi connectivity index (χ1) is 10.5. The van der Waals surface area contributed by atoms with Crippen molar-refractivity contribution >= 4 is 8.07 Å². The highest BCUT2D eigenvalue weighted by Crippen LogP contribution is 2.59. The third-order valence-corrected chi connectivity index (χ3v) is 5.50. The average Bonchev–Trinajstić information content (AvgIpc) is 2.33. The van der Waals surface area contributed by atoms with Crippen LogP contribution in [0.1, 0.15) is 12.8 Å². The van der Waals surface area contributed by atoms with Crippen LogP contribution < -0.4 is 0 Å². The van der Waals surface area contributed by atoms with Crippen LogP contribution in [0.4, 0.5) is 57.1 Å². The highest BCUT2D eigenvalue weighted by atomic mass is 28.3. The van der Waals surface area contributed by atoms with Gasteiger partial charge in [-0.25, -0.2) is 8.78 Å². The van der Waals surface area contributed by atoms with E-state index >= 15 is 0 Å². The quantitative estimate of drug-likeness (QED) is 0.331. The second-order valence-corrected chi connectivity index (χ2v) is 11.5. The molecule has 0 aromatic heterocycles. The maximum atomic E-state index is 13.6. The van der Waals surface area contributed by atoms with Crippen LogP contribution in [0.5, 0.6) is 0 Å². The molecule has 0 unspecified atom stereocenters. The van der Waals surface area contributed by atoms with Crippen LogP contribution in [-0.2, 0) is 0 Å². The van der Waals surface area contributed by atoms with Gasteiger partial charge in [-0.05, 0) is 0 Å². The summed E-state index contributed by atoms with van der Waals surface area (Å²) >= 11 is 0. The third-order valence-electron chi connectivity index (χ3n) is 3.31. The Morgan fingerprint density at radius 2 is 0.880 bits per heavy atom. The SMILES string of the molecule is C[Si](C)(C)C(F)(F)C(F)(F)C(F)(F)C(F)(F)C(F)(F)CCC(F)(F)F. The van der Waals surface area contributed by atoms with Crippen LogP contribution in [0.2, 0.25) is 19.6 Å². The molecule has 0 aliphatic rings. The maximum Gasteiger partial charge on any atom is 0.389 e. The number of alkyl halides is 13. The third kappa shape index (κ3) is 4.02. The summed E-state index contributed by atoms with van der Waals surface area (Å²) in [6, 6.07) is 0. The van der Waals surface area contributed by atoms with Crippen LogP contribution in [0.15, 0.2) is 0 Å². The lowest BCUT2D eigenvalue weighted by Gasteiger charge is -2.43. The van der Waals surface area contributed by atoms with Gasteiger partial charge in [0.1, 0.15) is 8.07 Å². The lowest BCUT2D eigenvalue weighted by Crippen LogP contribution is -2.71. The fourth-order valence-electron chi connectivity index (χ4n) is 1.55. The second kappa shape index (κ2) is 6.18. The first-order valence-corrected chi connectivity index (χ1v) is 9.91. The van der Waals surface area contributed by atoms with E-state index in [1.54, 1.807) is 0 Å². The van der Waals surface area contributed by atoms with E-state index in [-0.39, 0.29) is 0 Å². The molecule has 0 aliphatic heterocycles. The van der Waals surface area contributed by atoms with Gasteiger partial charge in [0, 0.05) is 12.8 Å². The van der Waals surface area contributed by atoms with Gasteiger partial charge in [-0.15, -0.1) is 0 Å². The zero-order valence-corrected chi connectivity index (χ0v) is 13.8. The van der Waals surface area contributed by atoms with Gasteiger partial charge in [0.2, 0.25) is 0 Å². The fourth-order valence-corrected chi connectivity index (χ4v) is 2.65. The Balaban J connectivity index is 6.03. The molecule has 0 aliphatic carbocycles. The first-order valence-electron chi connectivity index (χ1n) is 6.41. The number of hydrogen-bond donors (Lipinski definition) is 0. The summed E-state index contributed by atoms with van der Waals surface area (Å²) in [6.07, 6.45) is -11.2. The minimum absolute atomic E-state index is 0.400. The molecule has 0 aromatic carbocycles. The smallest absolute Gasteiger partial charge is 0.205 e. The summed E-state index contributed by atoms with van der Waals surface area (Å²) in [4.78, 5) is 0. The molecule has 0 rings (SSSR count). The zero-order chi connectivity index (χ0) is 20.9. The molecule has 0 saturated carbocycles. The molecule has 0 nitrogen and oxygen atoms in total. The number of rotatable bonds is 7. The Hall–Kier alpha value is -0.693. The van der Waals surface area contributed by atoms with E-state index in [1.807, 2.05) is 0 Å². The molecule has 0 heterocycles. The minimum Gasteiger partial charge on any atom is -0.205 e. The van der Waals surface area contributed by atoms with Gasteiger partial charge >= 0.3 is 29.9 Å². The van der Waals surface area contributed by atoms with Gasteiger partial charge in [-0.2, -0.15) is 48.3 Å². The minimum atomic E-state index is -7.31. The Bertz CT molecular complexity index is 471. The van der Waals surface area contributed by atoms with Crippen molar-refractivity contribution in [2.45, 2.75) is 67.9 Å². The van der Waals surface area contributed by atoms with Crippen molar-refractivity contribution in [2.24, 2.45) is 0 Å². The average molecular weight is 420 g/mol. The summed E-state index contributed by atoms with van der Waals surface area (Å²) in [5, 5.41) is 0. The molecule has 0 aromatic rings. The summed E-state index contributed by atoms with van der Waals surface area (Å²) in [5.74, 6) is -27.7. The molecule has 0 bridgehead atoms. The van der Waals surface area contributed by atoms with Crippen molar-refractivity contribution in [1.29, 1.82) is 0 Å². The van der Waals surface area contributed by atoms with E-state index in [4.69, 9.17) is 0 Å². The van der Waals surface area contributed by atoms with Crippen molar-refractivity contribution in [1.82, 2.24) is 0 Å². The summed E-state index contributed by atoms with van der Waals surface area (Å²) in [5.41, 5.74) is -5.76. The molecule has 0 N–H and O–H groups in total. The van der Waals surface area contributed by atoms with Crippen LogP contribution in [-0.4, -0.2) is 43.5 Å². The maximum absolute atomic E-state index is 13.6. The van der Waals surface area contributed by atoms with Crippen molar-refractivity contribution in [3.8, 4) is 0 Å². The summed E-state index contributed by atoms with van der Waals surface area (Å²) in [7, 11) is -4.64. The van der Waals surface area contributed by atoms with E-state index in [2.05, 4.69) is 0 Å². The number of hydrogen-bond acceptors (Lipinski definition) is 0. The lowest BCUT2D eigenvalue weighted by molar-refractivity contribution is -0.393. The molecule has 0 fully saturated rings. The van der Waals surface area contributed by atoms with E-state index in [1.165, 1.54) is 0 Å². The normalized spacial score (nSPS) is 16.3. The van der Waals surface area contributed by atoms with Crippen molar-refractivity contribution in [3.63, 3.8) is 0 Å². The molecule has 25 heavy (non-hydrogen) atoms. The van der Waals surface area contributed by atoms with Gasteiger partial charge < -0.3 is 0 Å². The van der Waals surface area contributed by atoms with Gasteiger partial charge in [0.15, 0.2) is 0 Å². The molecular weight excluding hydrogens is 407 g/mol. The zero-order valence-electron chi connectivity index (χ0n) is 12.8. The fraction of sp³-hybridized carbons (Fsp3) is 1.00. The van der Waals surface area contributed by atoms with E-state index in [9.17, 15) is 57.1 Å². The van der Waals surface area contributed by atoms with Crippen molar-refractivity contribution < 1.29 is 57.1 Å². The van der Waals surface area contributed by atoms with E-state index < -0.39 is 56.3 Å². The highest BCUT2D eigenvalue weighted by Gasteiger charge is 2.87. The Kier molecular flexibility index (Phi) is 6.01. The van der Waals surface area contributed by atoms with E-state index in [0.29, 0.717) is 19.6 Å². The second-order valence-electron chi connectivity index (χ2n) is 6.37. The Morgan fingerprint density at radius 3 is 1.16 bits per heavy atom. The van der Waals surface area contributed by atoms with Gasteiger partial charge in [-0.1, -0.05) is 19.6 Å². The van der Waals surface area contributed by atoms with Crippen molar-refractivity contribution in [2.75, 3.05) is 0 Å². The molecule has 0 radical (unpaired) electrons. The molecular formula is C11H13F13Si.